The fraction of sp³-hybridized carbons (Fsp3) is 0.500. The molecule has 2 aliphatic rings. The van der Waals surface area contributed by atoms with E-state index in [-0.39, 0.29) is 11.8 Å². The highest BCUT2D eigenvalue weighted by Gasteiger charge is 2.35. The maximum atomic E-state index is 12.3. The van der Waals surface area contributed by atoms with E-state index in [1.807, 2.05) is 17.0 Å². The van der Waals surface area contributed by atoms with Crippen LogP contribution in [0, 0.1) is 5.92 Å². The summed E-state index contributed by atoms with van der Waals surface area (Å²) in [6.45, 7) is 0.765. The lowest BCUT2D eigenvalue weighted by atomic mass is 10.0. The predicted molar refractivity (Wildman–Crippen MR) is 78.3 cm³/mol. The molecule has 1 heterocycles. The highest BCUT2D eigenvalue weighted by atomic mass is 32.2. The Kier molecular flexibility index (Phi) is 3.20. The molecule has 0 spiro atoms. The van der Waals surface area contributed by atoms with Gasteiger partial charge in [0.2, 0.25) is 15.9 Å². The number of hydrogen-bond donors (Lipinski definition) is 1. The van der Waals surface area contributed by atoms with Crippen molar-refractivity contribution in [3.05, 3.63) is 23.8 Å². The van der Waals surface area contributed by atoms with Crippen LogP contribution in [0.15, 0.2) is 18.2 Å². The molecule has 0 aromatic heterocycles. The monoisotopic (exact) mass is 294 g/mol. The molecular weight excluding hydrogens is 276 g/mol. The zero-order valence-electron chi connectivity index (χ0n) is 11.4. The van der Waals surface area contributed by atoms with Crippen molar-refractivity contribution in [2.24, 2.45) is 5.92 Å². The van der Waals surface area contributed by atoms with Gasteiger partial charge in [-0.2, -0.15) is 0 Å². The fourth-order valence-electron chi connectivity index (χ4n) is 2.65. The number of sulfonamides is 1. The van der Waals surface area contributed by atoms with Crippen molar-refractivity contribution in [2.45, 2.75) is 25.7 Å². The first-order valence-corrected chi connectivity index (χ1v) is 8.75. The summed E-state index contributed by atoms with van der Waals surface area (Å²) in [4.78, 5) is 14.1. The Morgan fingerprint density at radius 2 is 2.10 bits per heavy atom. The first-order chi connectivity index (χ1) is 9.44. The predicted octanol–water partition coefficient (Wildman–Crippen LogP) is 1.75. The highest BCUT2D eigenvalue weighted by molar-refractivity contribution is 7.92. The van der Waals surface area contributed by atoms with E-state index in [1.54, 1.807) is 6.07 Å². The van der Waals surface area contributed by atoms with Crippen LogP contribution in [0.1, 0.15) is 24.8 Å². The van der Waals surface area contributed by atoms with Gasteiger partial charge in [0.25, 0.3) is 0 Å². The molecule has 0 bridgehead atoms. The third-order valence-electron chi connectivity index (χ3n) is 3.69. The van der Waals surface area contributed by atoms with Gasteiger partial charge in [-0.15, -0.1) is 0 Å². The number of anilines is 2. The zero-order valence-corrected chi connectivity index (χ0v) is 12.2. The molecule has 1 aromatic rings. The normalized spacial score (nSPS) is 18.6. The number of nitrogens with zero attached hydrogens (tertiary/aromatic N) is 1. The lowest BCUT2D eigenvalue weighted by Crippen LogP contribution is -2.36. The van der Waals surface area contributed by atoms with Gasteiger partial charge in [-0.3, -0.25) is 9.52 Å². The van der Waals surface area contributed by atoms with Crippen LogP contribution in [-0.4, -0.2) is 27.1 Å². The number of aryl methyl sites for hydroxylation is 1. The standard InChI is InChI=1S/C14H18N2O3S/c1-20(18,19)15-12-6-7-13-11(9-12)3-2-8-16(13)14(17)10-4-5-10/h6-7,9-10,15H,2-5,8H2,1H3. The largest absolute Gasteiger partial charge is 0.312 e. The summed E-state index contributed by atoms with van der Waals surface area (Å²) in [5.41, 5.74) is 2.54. The van der Waals surface area contributed by atoms with Crippen LogP contribution in [0.2, 0.25) is 0 Å². The summed E-state index contributed by atoms with van der Waals surface area (Å²) >= 11 is 0. The van der Waals surface area contributed by atoms with E-state index in [1.165, 1.54) is 0 Å². The molecule has 1 aliphatic carbocycles. The Labute approximate surface area is 119 Å². The quantitative estimate of drug-likeness (QED) is 0.923. The number of benzene rings is 1. The molecule has 0 saturated heterocycles. The summed E-state index contributed by atoms with van der Waals surface area (Å²) in [6, 6.07) is 5.41. The summed E-state index contributed by atoms with van der Waals surface area (Å²) in [5, 5.41) is 0. The SMILES string of the molecule is CS(=O)(=O)Nc1ccc2c(c1)CCCN2C(=O)C1CC1. The van der Waals surface area contributed by atoms with Crippen molar-refractivity contribution < 1.29 is 13.2 Å². The van der Waals surface area contributed by atoms with Crippen LogP contribution >= 0.6 is 0 Å². The smallest absolute Gasteiger partial charge is 0.230 e. The summed E-state index contributed by atoms with van der Waals surface area (Å²) in [6.07, 6.45) is 4.93. The van der Waals surface area contributed by atoms with Gasteiger partial charge in [-0.05, 0) is 49.4 Å². The molecule has 1 fully saturated rings. The van der Waals surface area contributed by atoms with Gasteiger partial charge < -0.3 is 4.90 Å². The molecule has 0 radical (unpaired) electrons. The molecule has 1 aliphatic heterocycles. The van der Waals surface area contributed by atoms with Crippen molar-refractivity contribution in [1.82, 2.24) is 0 Å². The zero-order chi connectivity index (χ0) is 14.3. The fourth-order valence-corrected chi connectivity index (χ4v) is 3.21. The first-order valence-electron chi connectivity index (χ1n) is 6.86. The van der Waals surface area contributed by atoms with Gasteiger partial charge in [-0.1, -0.05) is 0 Å². The van der Waals surface area contributed by atoms with E-state index >= 15 is 0 Å². The second-order valence-corrected chi connectivity index (χ2v) is 7.33. The molecule has 3 rings (SSSR count). The van der Waals surface area contributed by atoms with Crippen molar-refractivity contribution in [1.29, 1.82) is 0 Å². The minimum Gasteiger partial charge on any atom is -0.312 e. The van der Waals surface area contributed by atoms with Crippen LogP contribution in [0.5, 0.6) is 0 Å². The van der Waals surface area contributed by atoms with Crippen LogP contribution in [0.4, 0.5) is 11.4 Å². The molecular formula is C14H18N2O3S. The minimum absolute atomic E-state index is 0.203. The maximum Gasteiger partial charge on any atom is 0.230 e. The summed E-state index contributed by atoms with van der Waals surface area (Å²) in [7, 11) is -3.27. The van der Waals surface area contributed by atoms with Crippen molar-refractivity contribution in [3.63, 3.8) is 0 Å². The molecule has 20 heavy (non-hydrogen) atoms. The first kappa shape index (κ1) is 13.4. The summed E-state index contributed by atoms with van der Waals surface area (Å²) < 4.78 is 25.0. The van der Waals surface area contributed by atoms with Crippen LogP contribution < -0.4 is 9.62 Å². The van der Waals surface area contributed by atoms with Gasteiger partial charge in [0.15, 0.2) is 0 Å². The van der Waals surface area contributed by atoms with Gasteiger partial charge in [0.1, 0.15) is 0 Å². The van der Waals surface area contributed by atoms with E-state index in [9.17, 15) is 13.2 Å². The highest BCUT2D eigenvalue weighted by Crippen LogP contribution is 2.36. The number of carbonyl (C=O) groups is 1. The third-order valence-corrected chi connectivity index (χ3v) is 4.30. The Bertz CT molecular complexity index is 650. The lowest BCUT2D eigenvalue weighted by molar-refractivity contribution is -0.119. The molecule has 0 atom stereocenters. The molecule has 1 amide bonds. The molecule has 1 aromatic carbocycles. The van der Waals surface area contributed by atoms with Gasteiger partial charge in [0, 0.05) is 23.8 Å². The number of fused-ring (bicyclic) bond motifs is 1. The molecule has 108 valence electrons. The second-order valence-electron chi connectivity index (χ2n) is 5.59. The Balaban J connectivity index is 1.89. The van der Waals surface area contributed by atoms with Gasteiger partial charge in [0.05, 0.1) is 6.26 Å². The van der Waals surface area contributed by atoms with E-state index in [0.29, 0.717) is 5.69 Å². The molecule has 0 unspecified atom stereocenters. The van der Waals surface area contributed by atoms with Crippen LogP contribution in [0.3, 0.4) is 0 Å². The third kappa shape index (κ3) is 2.80. The number of hydrogen-bond acceptors (Lipinski definition) is 3. The van der Waals surface area contributed by atoms with E-state index in [4.69, 9.17) is 0 Å². The minimum atomic E-state index is -3.27. The van der Waals surface area contributed by atoms with Gasteiger partial charge >= 0.3 is 0 Å². The molecule has 1 N–H and O–H groups in total. The Morgan fingerprint density at radius 1 is 1.35 bits per heavy atom. The van der Waals surface area contributed by atoms with Crippen LogP contribution in [0.25, 0.3) is 0 Å². The Morgan fingerprint density at radius 3 is 2.75 bits per heavy atom. The summed E-state index contributed by atoms with van der Waals surface area (Å²) in [5.74, 6) is 0.421. The van der Waals surface area contributed by atoms with E-state index in [2.05, 4.69) is 4.72 Å². The van der Waals surface area contributed by atoms with Gasteiger partial charge in [-0.25, -0.2) is 8.42 Å². The topological polar surface area (TPSA) is 66.5 Å². The average Bonchev–Trinajstić information content (AvgIpc) is 3.19. The molecule has 1 saturated carbocycles. The van der Waals surface area contributed by atoms with Crippen molar-refractivity contribution in [2.75, 3.05) is 22.4 Å². The van der Waals surface area contributed by atoms with Crippen molar-refractivity contribution in [3.8, 4) is 0 Å². The lowest BCUT2D eigenvalue weighted by Gasteiger charge is -2.30. The molecule has 6 heteroatoms. The number of carbonyl (C=O) groups excluding carboxylic acids is 1. The van der Waals surface area contributed by atoms with E-state index < -0.39 is 10.0 Å². The average molecular weight is 294 g/mol. The number of amides is 1. The molecule has 5 nitrogen and oxygen atoms in total. The van der Waals surface area contributed by atoms with Crippen LogP contribution in [-0.2, 0) is 21.2 Å². The second kappa shape index (κ2) is 4.77. The van der Waals surface area contributed by atoms with E-state index in [0.717, 1.165) is 49.7 Å². The maximum absolute atomic E-state index is 12.3. The number of rotatable bonds is 3. The van der Waals surface area contributed by atoms with Crippen molar-refractivity contribution >= 4 is 27.3 Å². The Hall–Kier alpha value is -1.56. The number of nitrogens with one attached hydrogen (secondary N) is 1.